The average Bonchev–Trinajstić information content (AvgIpc) is 2.78. The number of aromatic nitrogens is 1. The molecule has 1 aromatic heterocycles. The van der Waals surface area contributed by atoms with Crippen LogP contribution in [-0.4, -0.2) is 66.6 Å². The number of nitrogens with zero attached hydrogens (tertiary/aromatic N) is 3. The highest BCUT2D eigenvalue weighted by molar-refractivity contribution is 5.92. The van der Waals surface area contributed by atoms with Gasteiger partial charge in [-0.3, -0.25) is 4.98 Å². The molecule has 0 saturated carbocycles. The Bertz CT molecular complexity index is 811. The van der Waals surface area contributed by atoms with Gasteiger partial charge in [0.15, 0.2) is 0 Å². The topological polar surface area (TPSA) is 74.8 Å². The first-order valence-electron chi connectivity index (χ1n) is 9.91. The van der Waals surface area contributed by atoms with E-state index in [1.54, 1.807) is 24.3 Å². The third kappa shape index (κ3) is 5.77. The Morgan fingerprint density at radius 2 is 2.03 bits per heavy atom. The van der Waals surface area contributed by atoms with E-state index >= 15 is 0 Å². The fraction of sp³-hybridized carbons (Fsp3) is 0.409. The van der Waals surface area contributed by atoms with E-state index < -0.39 is 5.97 Å². The van der Waals surface area contributed by atoms with E-state index in [0.29, 0.717) is 23.8 Å². The molecule has 1 fully saturated rings. The van der Waals surface area contributed by atoms with Crippen molar-refractivity contribution in [1.82, 2.24) is 14.8 Å². The smallest absolute Gasteiger partial charge is 0.337 e. The molecule has 2 heterocycles. The number of esters is 1. The number of carbonyl (C=O) groups excluding carboxylic acids is 2. The molecule has 2 aromatic rings. The Hall–Kier alpha value is -2.93. The lowest BCUT2D eigenvalue weighted by Crippen LogP contribution is -2.50. The summed E-state index contributed by atoms with van der Waals surface area (Å²) < 4.78 is 4.69. The van der Waals surface area contributed by atoms with E-state index in [9.17, 15) is 9.59 Å². The summed E-state index contributed by atoms with van der Waals surface area (Å²) in [6.07, 6.45) is 4.77. The maximum Gasteiger partial charge on any atom is 0.337 e. The van der Waals surface area contributed by atoms with E-state index in [4.69, 9.17) is 4.74 Å². The van der Waals surface area contributed by atoms with Crippen LogP contribution < -0.4 is 5.32 Å². The molecular weight excluding hydrogens is 368 g/mol. The first-order chi connectivity index (χ1) is 14.1. The van der Waals surface area contributed by atoms with Crippen molar-refractivity contribution < 1.29 is 14.3 Å². The van der Waals surface area contributed by atoms with Crippen LogP contribution in [0.4, 0.5) is 10.5 Å². The van der Waals surface area contributed by atoms with E-state index in [1.807, 2.05) is 29.3 Å². The molecule has 1 aromatic carbocycles. The van der Waals surface area contributed by atoms with Crippen LogP contribution in [0.3, 0.4) is 0 Å². The fourth-order valence-electron chi connectivity index (χ4n) is 3.53. The molecule has 0 aliphatic carbocycles. The number of anilines is 1. The van der Waals surface area contributed by atoms with Gasteiger partial charge in [0.1, 0.15) is 0 Å². The number of hydrogen-bond donors (Lipinski definition) is 1. The van der Waals surface area contributed by atoms with E-state index in [0.717, 1.165) is 38.0 Å². The van der Waals surface area contributed by atoms with Crippen LogP contribution in [-0.2, 0) is 11.2 Å². The van der Waals surface area contributed by atoms with Crippen molar-refractivity contribution in [2.24, 2.45) is 0 Å². The van der Waals surface area contributed by atoms with Gasteiger partial charge in [-0.15, -0.1) is 0 Å². The molecule has 2 amide bonds. The van der Waals surface area contributed by atoms with Crippen LogP contribution in [0.25, 0.3) is 0 Å². The molecule has 7 heteroatoms. The van der Waals surface area contributed by atoms with Crippen molar-refractivity contribution in [3.8, 4) is 0 Å². The molecule has 1 aliphatic heterocycles. The largest absolute Gasteiger partial charge is 0.465 e. The molecule has 1 N–H and O–H groups in total. The highest BCUT2D eigenvalue weighted by atomic mass is 16.5. The summed E-state index contributed by atoms with van der Waals surface area (Å²) in [6.45, 7) is 2.35. The Morgan fingerprint density at radius 3 is 2.72 bits per heavy atom. The van der Waals surface area contributed by atoms with E-state index in [1.165, 1.54) is 7.11 Å². The monoisotopic (exact) mass is 396 g/mol. The quantitative estimate of drug-likeness (QED) is 0.760. The van der Waals surface area contributed by atoms with Gasteiger partial charge < -0.3 is 19.9 Å². The number of hydrogen-bond acceptors (Lipinski definition) is 5. The molecule has 1 unspecified atom stereocenters. The molecule has 154 valence electrons. The fourth-order valence-corrected chi connectivity index (χ4v) is 3.53. The Labute approximate surface area is 171 Å². The predicted octanol–water partition coefficient (Wildman–Crippen LogP) is 3.04. The van der Waals surface area contributed by atoms with Crippen molar-refractivity contribution in [3.63, 3.8) is 0 Å². The van der Waals surface area contributed by atoms with E-state index in [-0.39, 0.29) is 6.03 Å². The Kier molecular flexibility index (Phi) is 7.19. The van der Waals surface area contributed by atoms with Crippen LogP contribution in [0.5, 0.6) is 0 Å². The summed E-state index contributed by atoms with van der Waals surface area (Å²) in [4.78, 5) is 32.8. The van der Waals surface area contributed by atoms with Gasteiger partial charge >= 0.3 is 12.0 Å². The zero-order valence-electron chi connectivity index (χ0n) is 17.0. The third-order valence-electron chi connectivity index (χ3n) is 5.31. The molecule has 3 rings (SSSR count). The van der Waals surface area contributed by atoms with Gasteiger partial charge in [0.2, 0.25) is 0 Å². The number of piperidine rings is 1. The molecule has 0 radical (unpaired) electrons. The molecule has 1 saturated heterocycles. The van der Waals surface area contributed by atoms with Crippen molar-refractivity contribution in [2.45, 2.75) is 25.3 Å². The lowest BCUT2D eigenvalue weighted by Gasteiger charge is -2.37. The lowest BCUT2D eigenvalue weighted by molar-refractivity contribution is 0.0600. The Morgan fingerprint density at radius 1 is 1.24 bits per heavy atom. The summed E-state index contributed by atoms with van der Waals surface area (Å²) in [7, 11) is 3.46. The number of ether oxygens (including phenoxy) is 1. The van der Waals surface area contributed by atoms with Crippen LogP contribution in [0.1, 0.15) is 28.9 Å². The minimum Gasteiger partial charge on any atom is -0.465 e. The van der Waals surface area contributed by atoms with E-state index in [2.05, 4.69) is 22.2 Å². The number of pyridine rings is 1. The average molecular weight is 396 g/mol. The number of nitrogens with one attached hydrogen (secondary N) is 1. The Balaban J connectivity index is 1.51. The number of amides is 2. The van der Waals surface area contributed by atoms with Crippen LogP contribution in [0.2, 0.25) is 0 Å². The van der Waals surface area contributed by atoms with Crippen LogP contribution in [0, 0.1) is 0 Å². The normalized spacial score (nSPS) is 16.5. The van der Waals surface area contributed by atoms with Crippen LogP contribution in [0.15, 0.2) is 48.7 Å². The minimum absolute atomic E-state index is 0.112. The molecular formula is C22H28N4O3. The molecule has 29 heavy (non-hydrogen) atoms. The number of methoxy groups -OCH3 is 1. The summed E-state index contributed by atoms with van der Waals surface area (Å²) in [5.41, 5.74) is 2.20. The number of benzene rings is 1. The molecule has 1 atom stereocenters. The van der Waals surface area contributed by atoms with Gasteiger partial charge in [-0.05, 0) is 56.3 Å². The van der Waals surface area contributed by atoms with Crippen molar-refractivity contribution in [3.05, 3.63) is 59.9 Å². The first kappa shape index (κ1) is 20.8. The maximum absolute atomic E-state index is 12.7. The highest BCUT2D eigenvalue weighted by Gasteiger charge is 2.26. The first-order valence-corrected chi connectivity index (χ1v) is 9.91. The van der Waals surface area contributed by atoms with Crippen molar-refractivity contribution >= 4 is 17.7 Å². The second-order valence-electron chi connectivity index (χ2n) is 7.29. The number of carbonyl (C=O) groups is 2. The van der Waals surface area contributed by atoms with Gasteiger partial charge in [-0.25, -0.2) is 9.59 Å². The number of likely N-dealkylation sites (N-methyl/N-ethyl adjacent to an activating group) is 1. The lowest BCUT2D eigenvalue weighted by atomic mass is 10.0. The molecule has 0 spiro atoms. The van der Waals surface area contributed by atoms with Gasteiger partial charge in [-0.2, -0.15) is 0 Å². The van der Waals surface area contributed by atoms with Gasteiger partial charge in [-0.1, -0.05) is 6.07 Å². The van der Waals surface area contributed by atoms with Crippen molar-refractivity contribution in [1.29, 1.82) is 0 Å². The highest BCUT2D eigenvalue weighted by Crippen LogP contribution is 2.17. The maximum atomic E-state index is 12.7. The van der Waals surface area contributed by atoms with Gasteiger partial charge in [0, 0.05) is 49.7 Å². The zero-order chi connectivity index (χ0) is 20.6. The number of urea groups is 1. The molecule has 7 nitrogen and oxygen atoms in total. The SMILES string of the molecule is COC(=O)c1ccc(NC(=O)N2CCCC(N(C)CCc3ccccn3)C2)cc1. The number of likely N-dealkylation sites (tertiary alicyclic amines) is 1. The second-order valence-corrected chi connectivity index (χ2v) is 7.29. The third-order valence-corrected chi connectivity index (χ3v) is 5.31. The predicted molar refractivity (Wildman–Crippen MR) is 112 cm³/mol. The zero-order valence-corrected chi connectivity index (χ0v) is 17.0. The van der Waals surface area contributed by atoms with Gasteiger partial charge in [0.05, 0.1) is 12.7 Å². The van der Waals surface area contributed by atoms with Crippen molar-refractivity contribution in [2.75, 3.05) is 39.1 Å². The van der Waals surface area contributed by atoms with Crippen LogP contribution >= 0.6 is 0 Å². The second kappa shape index (κ2) is 10.0. The summed E-state index contributed by atoms with van der Waals surface area (Å²) in [5, 5.41) is 2.92. The molecule has 0 bridgehead atoms. The summed E-state index contributed by atoms with van der Waals surface area (Å²) >= 11 is 0. The minimum atomic E-state index is -0.393. The summed E-state index contributed by atoms with van der Waals surface area (Å²) in [6, 6.07) is 12.9. The number of rotatable bonds is 6. The van der Waals surface area contributed by atoms with Gasteiger partial charge in [0.25, 0.3) is 0 Å². The summed E-state index contributed by atoms with van der Waals surface area (Å²) in [5.74, 6) is -0.393. The molecule has 1 aliphatic rings. The standard InChI is InChI=1S/C22H28N4O3/c1-25(15-12-18-6-3-4-13-23-18)20-7-5-14-26(16-20)22(28)24-19-10-8-17(9-11-19)21(27)29-2/h3-4,6,8-11,13,20H,5,7,12,14-16H2,1-2H3,(H,24,28).